The van der Waals surface area contributed by atoms with Crippen LogP contribution in [0, 0.1) is 11.8 Å². The average molecular weight is 246 g/mol. The molecule has 0 aliphatic heterocycles. The Hall–Kier alpha value is -1.36. The SMILES string of the molecule is CC(C)COCC(C)C.O=C(O)/C=C\C(=O)O. The second kappa shape index (κ2) is 11.1. The maximum absolute atomic E-state index is 9.55. The second-order valence-corrected chi connectivity index (χ2v) is 4.33. The van der Waals surface area contributed by atoms with E-state index in [2.05, 4.69) is 27.7 Å². The molecule has 0 fully saturated rings. The molecule has 0 aliphatic carbocycles. The predicted molar refractivity (Wildman–Crippen MR) is 64.9 cm³/mol. The molecule has 0 rings (SSSR count). The molecule has 0 unspecified atom stereocenters. The van der Waals surface area contributed by atoms with Gasteiger partial charge in [-0.3, -0.25) is 0 Å². The third-order valence-corrected chi connectivity index (χ3v) is 1.27. The van der Waals surface area contributed by atoms with E-state index in [9.17, 15) is 9.59 Å². The lowest BCUT2D eigenvalue weighted by Gasteiger charge is -2.07. The van der Waals surface area contributed by atoms with Crippen molar-refractivity contribution in [2.45, 2.75) is 27.7 Å². The lowest BCUT2D eigenvalue weighted by Crippen LogP contribution is -2.06. The molecule has 0 bridgehead atoms. The molecule has 2 N–H and O–H groups in total. The van der Waals surface area contributed by atoms with Crippen molar-refractivity contribution in [1.29, 1.82) is 0 Å². The monoisotopic (exact) mass is 246 g/mol. The van der Waals surface area contributed by atoms with Crippen molar-refractivity contribution in [2.75, 3.05) is 13.2 Å². The zero-order valence-corrected chi connectivity index (χ0v) is 10.8. The average Bonchev–Trinajstić information content (AvgIpc) is 2.14. The van der Waals surface area contributed by atoms with Crippen molar-refractivity contribution in [3.05, 3.63) is 12.2 Å². The molecule has 0 spiro atoms. The molecule has 5 heteroatoms. The molecule has 17 heavy (non-hydrogen) atoms. The van der Waals surface area contributed by atoms with E-state index in [1.807, 2.05) is 0 Å². The lowest BCUT2D eigenvalue weighted by molar-refractivity contribution is -0.134. The van der Waals surface area contributed by atoms with Gasteiger partial charge in [-0.15, -0.1) is 0 Å². The summed E-state index contributed by atoms with van der Waals surface area (Å²) in [5.41, 5.74) is 0. The van der Waals surface area contributed by atoms with Crippen molar-refractivity contribution < 1.29 is 24.5 Å². The quantitative estimate of drug-likeness (QED) is 0.700. The van der Waals surface area contributed by atoms with E-state index < -0.39 is 11.9 Å². The van der Waals surface area contributed by atoms with Crippen LogP contribution >= 0.6 is 0 Å². The van der Waals surface area contributed by atoms with E-state index in [1.165, 1.54) is 0 Å². The molecule has 0 atom stereocenters. The summed E-state index contributed by atoms with van der Waals surface area (Å²) in [6, 6.07) is 0. The maximum atomic E-state index is 9.55. The maximum Gasteiger partial charge on any atom is 0.328 e. The number of ether oxygens (including phenoxy) is 1. The van der Waals surface area contributed by atoms with Crippen LogP contribution in [0.15, 0.2) is 12.2 Å². The first-order valence-electron chi connectivity index (χ1n) is 5.47. The number of carboxylic acid groups (broad SMARTS) is 2. The van der Waals surface area contributed by atoms with Crippen LogP contribution in [0.2, 0.25) is 0 Å². The van der Waals surface area contributed by atoms with Gasteiger partial charge in [0.2, 0.25) is 0 Å². The lowest BCUT2D eigenvalue weighted by atomic mass is 10.2. The van der Waals surface area contributed by atoms with Crippen LogP contribution in [-0.4, -0.2) is 35.4 Å². The highest BCUT2D eigenvalue weighted by atomic mass is 16.5. The Morgan fingerprint density at radius 1 is 0.941 bits per heavy atom. The number of hydrogen-bond donors (Lipinski definition) is 2. The molecule has 0 aromatic rings. The van der Waals surface area contributed by atoms with Crippen molar-refractivity contribution in [3.63, 3.8) is 0 Å². The number of carboxylic acids is 2. The minimum atomic E-state index is -1.26. The van der Waals surface area contributed by atoms with Crippen LogP contribution < -0.4 is 0 Å². The van der Waals surface area contributed by atoms with Gasteiger partial charge in [0.25, 0.3) is 0 Å². The van der Waals surface area contributed by atoms with E-state index in [1.54, 1.807) is 0 Å². The smallest absolute Gasteiger partial charge is 0.328 e. The van der Waals surface area contributed by atoms with Gasteiger partial charge in [-0.1, -0.05) is 27.7 Å². The van der Waals surface area contributed by atoms with Crippen LogP contribution in [0.5, 0.6) is 0 Å². The number of aliphatic carboxylic acids is 2. The van der Waals surface area contributed by atoms with Crippen molar-refractivity contribution in [1.82, 2.24) is 0 Å². The van der Waals surface area contributed by atoms with E-state index in [-0.39, 0.29) is 0 Å². The standard InChI is InChI=1S/C8H18O.C4H4O4/c1-7(2)5-9-6-8(3)4;5-3(6)1-2-4(7)8/h7-8H,5-6H2,1-4H3;1-2H,(H,5,6)(H,7,8)/b;2-1-. The van der Waals surface area contributed by atoms with Gasteiger partial charge in [0.15, 0.2) is 0 Å². The molecule has 0 radical (unpaired) electrons. The van der Waals surface area contributed by atoms with E-state index in [0.717, 1.165) is 13.2 Å². The fraction of sp³-hybridized carbons (Fsp3) is 0.667. The molecule has 0 aromatic heterocycles. The molecule has 0 amide bonds. The number of rotatable bonds is 6. The molecule has 100 valence electrons. The molecule has 0 aliphatic rings. The van der Waals surface area contributed by atoms with Crippen molar-refractivity contribution >= 4 is 11.9 Å². The molecular weight excluding hydrogens is 224 g/mol. The number of carbonyl (C=O) groups is 2. The highest BCUT2D eigenvalue weighted by molar-refractivity contribution is 5.89. The fourth-order valence-electron chi connectivity index (χ4n) is 0.682. The van der Waals surface area contributed by atoms with Gasteiger partial charge in [-0.2, -0.15) is 0 Å². The normalized spacial score (nSPS) is 10.5. The molecule has 0 saturated heterocycles. The minimum Gasteiger partial charge on any atom is -0.478 e. The molecule has 5 nitrogen and oxygen atoms in total. The zero-order chi connectivity index (χ0) is 13.8. The van der Waals surface area contributed by atoms with Crippen LogP contribution in [0.25, 0.3) is 0 Å². The van der Waals surface area contributed by atoms with E-state index >= 15 is 0 Å². The Bertz CT molecular complexity index is 219. The molecule has 0 heterocycles. The summed E-state index contributed by atoms with van der Waals surface area (Å²) in [6.45, 7) is 10.5. The van der Waals surface area contributed by atoms with E-state index in [4.69, 9.17) is 14.9 Å². The zero-order valence-electron chi connectivity index (χ0n) is 10.8. The fourth-order valence-corrected chi connectivity index (χ4v) is 0.682. The largest absolute Gasteiger partial charge is 0.478 e. The van der Waals surface area contributed by atoms with Crippen LogP contribution in [0.3, 0.4) is 0 Å². The van der Waals surface area contributed by atoms with Gasteiger partial charge in [0.05, 0.1) is 0 Å². The molecular formula is C12H22O5. The summed E-state index contributed by atoms with van der Waals surface area (Å²) in [5.74, 6) is -1.17. The van der Waals surface area contributed by atoms with Crippen molar-refractivity contribution in [2.24, 2.45) is 11.8 Å². The van der Waals surface area contributed by atoms with Gasteiger partial charge in [0.1, 0.15) is 0 Å². The first kappa shape index (κ1) is 18.0. The van der Waals surface area contributed by atoms with Crippen LogP contribution in [0.1, 0.15) is 27.7 Å². The first-order valence-corrected chi connectivity index (χ1v) is 5.47. The Morgan fingerprint density at radius 2 is 1.24 bits per heavy atom. The van der Waals surface area contributed by atoms with Gasteiger partial charge in [-0.05, 0) is 11.8 Å². The Balaban J connectivity index is 0. The summed E-state index contributed by atoms with van der Waals surface area (Å²) in [7, 11) is 0. The Morgan fingerprint density at radius 3 is 1.41 bits per heavy atom. The summed E-state index contributed by atoms with van der Waals surface area (Å²) >= 11 is 0. The van der Waals surface area contributed by atoms with Gasteiger partial charge < -0.3 is 14.9 Å². The Kier molecular flexibility index (Phi) is 11.8. The first-order chi connectivity index (χ1) is 7.75. The molecule has 0 saturated carbocycles. The highest BCUT2D eigenvalue weighted by Gasteiger charge is 1.95. The van der Waals surface area contributed by atoms with Gasteiger partial charge in [0, 0.05) is 25.4 Å². The summed E-state index contributed by atoms with van der Waals surface area (Å²) in [4.78, 5) is 19.1. The predicted octanol–water partition coefficient (Wildman–Crippen LogP) is 2.03. The summed E-state index contributed by atoms with van der Waals surface area (Å²) in [5, 5.41) is 15.6. The van der Waals surface area contributed by atoms with Crippen molar-refractivity contribution in [3.8, 4) is 0 Å². The number of hydrogen-bond acceptors (Lipinski definition) is 3. The minimum absolute atomic E-state index is 0.558. The summed E-state index contributed by atoms with van der Waals surface area (Å²) < 4.78 is 5.36. The third kappa shape index (κ3) is 25.2. The Labute approximate surface area is 102 Å². The van der Waals surface area contributed by atoms with E-state index in [0.29, 0.717) is 24.0 Å². The molecule has 0 aromatic carbocycles. The van der Waals surface area contributed by atoms with Gasteiger partial charge in [-0.25, -0.2) is 9.59 Å². The second-order valence-electron chi connectivity index (χ2n) is 4.33. The van der Waals surface area contributed by atoms with Crippen LogP contribution in [0.4, 0.5) is 0 Å². The highest BCUT2D eigenvalue weighted by Crippen LogP contribution is 1.96. The third-order valence-electron chi connectivity index (χ3n) is 1.27. The summed E-state index contributed by atoms with van der Waals surface area (Å²) in [6.07, 6.45) is 1.12. The van der Waals surface area contributed by atoms with Crippen LogP contribution in [-0.2, 0) is 14.3 Å². The topological polar surface area (TPSA) is 83.8 Å². The van der Waals surface area contributed by atoms with Gasteiger partial charge >= 0.3 is 11.9 Å².